The molecule has 138 valence electrons. The predicted octanol–water partition coefficient (Wildman–Crippen LogP) is 4.13. The Balaban J connectivity index is 1.51. The van der Waals surface area contributed by atoms with Crippen molar-refractivity contribution in [3.8, 4) is 11.3 Å². The van der Waals surface area contributed by atoms with Crippen LogP contribution in [0.1, 0.15) is 22.5 Å². The van der Waals surface area contributed by atoms with Crippen LogP contribution in [-0.2, 0) is 11.2 Å². The number of hydrogen-bond acceptors (Lipinski definition) is 3. The quantitative estimate of drug-likeness (QED) is 0.647. The van der Waals surface area contributed by atoms with Gasteiger partial charge in [0.1, 0.15) is 17.3 Å². The van der Waals surface area contributed by atoms with Crippen LogP contribution in [0.2, 0.25) is 5.02 Å². The number of hydrazine groups is 1. The van der Waals surface area contributed by atoms with Gasteiger partial charge in [0.05, 0.1) is 16.1 Å². The molecule has 2 amide bonds. The molecule has 27 heavy (non-hydrogen) atoms. The van der Waals surface area contributed by atoms with Crippen LogP contribution in [0.3, 0.4) is 0 Å². The number of benzene rings is 2. The van der Waals surface area contributed by atoms with Crippen molar-refractivity contribution in [3.63, 3.8) is 0 Å². The van der Waals surface area contributed by atoms with Gasteiger partial charge in [-0.3, -0.25) is 20.4 Å². The molecule has 0 bridgehead atoms. The molecule has 0 aliphatic rings. The van der Waals surface area contributed by atoms with Gasteiger partial charge < -0.3 is 4.42 Å². The van der Waals surface area contributed by atoms with Gasteiger partial charge in [0.2, 0.25) is 5.91 Å². The van der Waals surface area contributed by atoms with E-state index in [1.165, 1.54) is 6.07 Å². The van der Waals surface area contributed by atoms with Gasteiger partial charge >= 0.3 is 0 Å². The minimum atomic E-state index is -0.506. The fourth-order valence-electron chi connectivity index (χ4n) is 2.46. The number of carbonyl (C=O) groups is 2. The average Bonchev–Trinajstić information content (AvgIpc) is 3.14. The highest BCUT2D eigenvalue weighted by atomic mass is 35.5. The van der Waals surface area contributed by atoms with E-state index < -0.39 is 5.91 Å². The van der Waals surface area contributed by atoms with Crippen molar-refractivity contribution in [1.82, 2.24) is 10.9 Å². The predicted molar refractivity (Wildman–Crippen MR) is 99.5 cm³/mol. The first-order chi connectivity index (χ1) is 13.0. The third-order valence-corrected chi connectivity index (χ3v) is 4.16. The van der Waals surface area contributed by atoms with Crippen LogP contribution >= 0.6 is 11.6 Å². The molecule has 1 heterocycles. The summed E-state index contributed by atoms with van der Waals surface area (Å²) in [7, 11) is 0. The lowest BCUT2D eigenvalue weighted by Gasteiger charge is -2.08. The Labute approximate surface area is 160 Å². The van der Waals surface area contributed by atoms with Gasteiger partial charge in [0.25, 0.3) is 5.91 Å². The zero-order chi connectivity index (χ0) is 19.2. The first kappa shape index (κ1) is 18.7. The molecule has 7 heteroatoms. The number of carbonyl (C=O) groups excluding carboxylic acids is 2. The molecule has 0 unspecified atom stereocenters. The van der Waals surface area contributed by atoms with Crippen molar-refractivity contribution < 1.29 is 18.4 Å². The fraction of sp³-hybridized carbons (Fsp3) is 0.100. The van der Waals surface area contributed by atoms with Gasteiger partial charge in [-0.1, -0.05) is 35.9 Å². The highest BCUT2D eigenvalue weighted by molar-refractivity contribution is 6.33. The van der Waals surface area contributed by atoms with Crippen LogP contribution in [0.15, 0.2) is 65.1 Å². The summed E-state index contributed by atoms with van der Waals surface area (Å²) in [4.78, 5) is 23.9. The second-order valence-electron chi connectivity index (χ2n) is 5.73. The zero-order valence-electron chi connectivity index (χ0n) is 14.2. The summed E-state index contributed by atoms with van der Waals surface area (Å²) in [5.74, 6) is -0.331. The van der Waals surface area contributed by atoms with Crippen molar-refractivity contribution >= 4 is 23.4 Å². The maximum atomic E-state index is 13.8. The highest BCUT2D eigenvalue weighted by Gasteiger charge is 2.12. The minimum absolute atomic E-state index is 0.0903. The van der Waals surface area contributed by atoms with E-state index in [4.69, 9.17) is 16.0 Å². The molecule has 5 nitrogen and oxygen atoms in total. The van der Waals surface area contributed by atoms with Crippen molar-refractivity contribution in [1.29, 1.82) is 0 Å². The van der Waals surface area contributed by atoms with E-state index in [0.717, 1.165) is 0 Å². The molecule has 0 saturated carbocycles. The second kappa shape index (κ2) is 8.51. The summed E-state index contributed by atoms with van der Waals surface area (Å²) in [5.41, 5.74) is 5.26. The molecule has 2 aromatic carbocycles. The molecular formula is C20H16ClFN2O3. The standard InChI is InChI=1S/C20H16ClFN2O3/c21-16-7-3-1-5-14(16)20(26)24-23-19(25)12-10-13-9-11-18(27-13)15-6-2-4-8-17(15)22/h1-9,11H,10,12H2,(H,23,25)(H,24,26). The number of aryl methyl sites for hydroxylation is 1. The zero-order valence-corrected chi connectivity index (χ0v) is 14.9. The smallest absolute Gasteiger partial charge is 0.271 e. The molecule has 0 atom stereocenters. The summed E-state index contributed by atoms with van der Waals surface area (Å²) in [5, 5.41) is 0.292. The van der Waals surface area contributed by atoms with E-state index >= 15 is 0 Å². The second-order valence-corrected chi connectivity index (χ2v) is 6.14. The molecular weight excluding hydrogens is 371 g/mol. The van der Waals surface area contributed by atoms with Crippen LogP contribution in [0.5, 0.6) is 0 Å². The van der Waals surface area contributed by atoms with Gasteiger partial charge in [-0.2, -0.15) is 0 Å². The third-order valence-electron chi connectivity index (χ3n) is 3.83. The molecule has 0 aliphatic carbocycles. The van der Waals surface area contributed by atoms with E-state index in [0.29, 0.717) is 28.5 Å². The molecule has 0 fully saturated rings. The first-order valence-electron chi connectivity index (χ1n) is 8.22. The lowest BCUT2D eigenvalue weighted by atomic mass is 10.1. The summed E-state index contributed by atoms with van der Waals surface area (Å²) < 4.78 is 19.4. The van der Waals surface area contributed by atoms with Gasteiger partial charge in [-0.15, -0.1) is 0 Å². The van der Waals surface area contributed by atoms with Crippen molar-refractivity contribution in [2.45, 2.75) is 12.8 Å². The van der Waals surface area contributed by atoms with Crippen LogP contribution in [0.4, 0.5) is 4.39 Å². The lowest BCUT2D eigenvalue weighted by molar-refractivity contribution is -0.121. The average molecular weight is 387 g/mol. The van der Waals surface area contributed by atoms with Crippen molar-refractivity contribution in [2.24, 2.45) is 0 Å². The summed E-state index contributed by atoms with van der Waals surface area (Å²) in [6.07, 6.45) is 0.398. The summed E-state index contributed by atoms with van der Waals surface area (Å²) in [6, 6.07) is 16.2. The number of amides is 2. The topological polar surface area (TPSA) is 71.3 Å². The molecule has 3 rings (SSSR count). The van der Waals surface area contributed by atoms with Crippen LogP contribution in [0.25, 0.3) is 11.3 Å². The molecule has 1 aromatic heterocycles. The maximum absolute atomic E-state index is 13.8. The largest absolute Gasteiger partial charge is 0.461 e. The lowest BCUT2D eigenvalue weighted by Crippen LogP contribution is -2.41. The van der Waals surface area contributed by atoms with E-state index in [9.17, 15) is 14.0 Å². The maximum Gasteiger partial charge on any atom is 0.271 e. The van der Waals surface area contributed by atoms with E-state index in [-0.39, 0.29) is 23.7 Å². The SMILES string of the molecule is O=C(CCc1ccc(-c2ccccc2F)o1)NNC(=O)c1ccccc1Cl. The fourth-order valence-corrected chi connectivity index (χ4v) is 2.68. The Morgan fingerprint density at radius 2 is 1.70 bits per heavy atom. The van der Waals surface area contributed by atoms with Gasteiger partial charge in [-0.25, -0.2) is 4.39 Å². The Morgan fingerprint density at radius 1 is 0.963 bits per heavy atom. The molecule has 0 aliphatic heterocycles. The van der Waals surface area contributed by atoms with Gasteiger partial charge in [0, 0.05) is 12.8 Å². The van der Waals surface area contributed by atoms with Crippen molar-refractivity contribution in [3.05, 3.63) is 82.8 Å². The number of furan rings is 1. The van der Waals surface area contributed by atoms with E-state index in [2.05, 4.69) is 10.9 Å². The Morgan fingerprint density at radius 3 is 2.48 bits per heavy atom. The molecule has 0 radical (unpaired) electrons. The van der Waals surface area contributed by atoms with Crippen LogP contribution in [-0.4, -0.2) is 11.8 Å². The number of nitrogens with one attached hydrogen (secondary N) is 2. The number of halogens is 2. The monoisotopic (exact) mass is 386 g/mol. The Kier molecular flexibility index (Phi) is 5.88. The van der Waals surface area contributed by atoms with Crippen LogP contribution < -0.4 is 10.9 Å². The summed E-state index contributed by atoms with van der Waals surface area (Å²) in [6.45, 7) is 0. The van der Waals surface area contributed by atoms with Gasteiger partial charge in [-0.05, 0) is 36.4 Å². The highest BCUT2D eigenvalue weighted by Crippen LogP contribution is 2.25. The summed E-state index contributed by atoms with van der Waals surface area (Å²) >= 11 is 5.93. The third kappa shape index (κ3) is 4.74. The first-order valence-corrected chi connectivity index (χ1v) is 8.59. The van der Waals surface area contributed by atoms with Gasteiger partial charge in [0.15, 0.2) is 0 Å². The number of rotatable bonds is 5. The molecule has 0 saturated heterocycles. The molecule has 2 N–H and O–H groups in total. The van der Waals surface area contributed by atoms with Crippen molar-refractivity contribution in [2.75, 3.05) is 0 Å². The normalized spacial score (nSPS) is 10.4. The minimum Gasteiger partial charge on any atom is -0.461 e. The van der Waals surface area contributed by atoms with E-state index in [1.807, 2.05) is 0 Å². The molecule has 3 aromatic rings. The van der Waals surface area contributed by atoms with E-state index in [1.54, 1.807) is 54.6 Å². The number of hydrogen-bond donors (Lipinski definition) is 2. The Hall–Kier alpha value is -3.12. The van der Waals surface area contributed by atoms with Crippen LogP contribution in [0, 0.1) is 5.82 Å². The Bertz CT molecular complexity index is 971. The molecule has 0 spiro atoms.